The lowest BCUT2D eigenvalue weighted by Crippen LogP contribution is -2.26. The molecule has 1 aliphatic rings. The van der Waals surface area contributed by atoms with Crippen LogP contribution in [0.2, 0.25) is 5.02 Å². The second-order valence-electron chi connectivity index (χ2n) is 6.34. The summed E-state index contributed by atoms with van der Waals surface area (Å²) in [5.41, 5.74) is 7.64. The Morgan fingerprint density at radius 1 is 1.29 bits per heavy atom. The molecule has 2 N–H and O–H groups in total. The summed E-state index contributed by atoms with van der Waals surface area (Å²) in [6, 6.07) is 6.03. The van der Waals surface area contributed by atoms with Crippen LogP contribution in [0.15, 0.2) is 18.2 Å². The fourth-order valence-corrected chi connectivity index (χ4v) is 3.68. The Bertz CT molecular complexity index is 441. The molecule has 0 aromatic heterocycles. The summed E-state index contributed by atoms with van der Waals surface area (Å²) < 4.78 is 5.30. The fourth-order valence-electron chi connectivity index (χ4n) is 3.48. The second kappa shape index (κ2) is 8.05. The number of ether oxygens (including phenoxy) is 1. The van der Waals surface area contributed by atoms with E-state index in [9.17, 15) is 0 Å². The molecule has 1 fully saturated rings. The van der Waals surface area contributed by atoms with Gasteiger partial charge >= 0.3 is 0 Å². The van der Waals surface area contributed by atoms with Crippen LogP contribution in [0.1, 0.15) is 63.5 Å². The van der Waals surface area contributed by atoms with Gasteiger partial charge in [-0.15, -0.1) is 0 Å². The molecule has 0 aliphatic heterocycles. The maximum atomic E-state index is 6.49. The average Bonchev–Trinajstić information content (AvgIpc) is 2.53. The van der Waals surface area contributed by atoms with Crippen molar-refractivity contribution in [2.45, 2.75) is 57.9 Å². The van der Waals surface area contributed by atoms with Crippen molar-refractivity contribution in [3.8, 4) is 5.75 Å². The Morgan fingerprint density at radius 3 is 2.62 bits per heavy atom. The average molecular weight is 310 g/mol. The van der Waals surface area contributed by atoms with Gasteiger partial charge in [0.05, 0.1) is 12.1 Å². The van der Waals surface area contributed by atoms with Gasteiger partial charge in [0, 0.05) is 6.04 Å². The minimum absolute atomic E-state index is 0.100. The predicted molar refractivity (Wildman–Crippen MR) is 89.9 cm³/mol. The van der Waals surface area contributed by atoms with Crippen LogP contribution >= 0.6 is 11.6 Å². The summed E-state index contributed by atoms with van der Waals surface area (Å²) in [4.78, 5) is 0. The zero-order chi connectivity index (χ0) is 15.2. The third-order valence-electron chi connectivity index (χ3n) is 4.93. The number of rotatable bonds is 6. The summed E-state index contributed by atoms with van der Waals surface area (Å²) in [5, 5.41) is 0.650. The smallest absolute Gasteiger partial charge is 0.137 e. The van der Waals surface area contributed by atoms with Crippen LogP contribution in [0, 0.1) is 11.8 Å². The van der Waals surface area contributed by atoms with E-state index in [1.54, 1.807) is 7.11 Å². The van der Waals surface area contributed by atoms with E-state index < -0.39 is 0 Å². The number of benzene rings is 1. The Kier molecular flexibility index (Phi) is 6.38. The number of hydrogen-bond acceptors (Lipinski definition) is 2. The van der Waals surface area contributed by atoms with Crippen LogP contribution in [-0.4, -0.2) is 7.11 Å². The van der Waals surface area contributed by atoms with E-state index in [4.69, 9.17) is 22.1 Å². The highest BCUT2D eigenvalue weighted by Gasteiger charge is 2.26. The van der Waals surface area contributed by atoms with E-state index in [1.165, 1.54) is 44.9 Å². The Balaban J connectivity index is 1.94. The lowest BCUT2D eigenvalue weighted by molar-refractivity contribution is 0.232. The van der Waals surface area contributed by atoms with Gasteiger partial charge in [0.25, 0.3) is 0 Å². The molecule has 2 nitrogen and oxygen atoms in total. The molecule has 1 unspecified atom stereocenters. The first-order valence-electron chi connectivity index (χ1n) is 8.24. The summed E-state index contributed by atoms with van der Waals surface area (Å²) in [6.07, 6.45) is 9.25. The quantitative estimate of drug-likeness (QED) is 0.769. The van der Waals surface area contributed by atoms with E-state index in [-0.39, 0.29) is 6.04 Å². The van der Waals surface area contributed by atoms with E-state index in [2.05, 4.69) is 6.92 Å². The minimum atomic E-state index is 0.100. The molecule has 0 radical (unpaired) electrons. The van der Waals surface area contributed by atoms with E-state index in [0.717, 1.165) is 17.2 Å². The molecular formula is C18H28ClNO. The Hall–Kier alpha value is -0.730. The third kappa shape index (κ3) is 4.37. The molecule has 0 bridgehead atoms. The lowest BCUT2D eigenvalue weighted by atomic mass is 9.75. The maximum absolute atomic E-state index is 6.49. The predicted octanol–water partition coefficient (Wildman–Crippen LogP) is 5.35. The van der Waals surface area contributed by atoms with Crippen LogP contribution in [-0.2, 0) is 0 Å². The molecule has 1 aromatic carbocycles. The van der Waals surface area contributed by atoms with E-state index in [0.29, 0.717) is 10.9 Å². The summed E-state index contributed by atoms with van der Waals surface area (Å²) in [5.74, 6) is 2.24. The molecule has 118 valence electrons. The summed E-state index contributed by atoms with van der Waals surface area (Å²) in [6.45, 7) is 2.27. The topological polar surface area (TPSA) is 35.2 Å². The van der Waals surface area contributed by atoms with Gasteiger partial charge < -0.3 is 10.5 Å². The zero-order valence-electron chi connectivity index (χ0n) is 13.3. The Morgan fingerprint density at radius 2 is 2.00 bits per heavy atom. The third-order valence-corrected chi connectivity index (χ3v) is 5.24. The standard InChI is InChI=1S/C18H28ClNO/c1-3-4-5-13-6-8-14(9-7-13)18(20)15-10-11-16(19)17(12-15)21-2/h10-14,18H,3-9,20H2,1-2H3. The van der Waals surface area contributed by atoms with Gasteiger partial charge in [0.15, 0.2) is 0 Å². The number of unbranched alkanes of at least 4 members (excludes halogenated alkanes) is 1. The highest BCUT2D eigenvalue weighted by Crippen LogP contribution is 2.38. The van der Waals surface area contributed by atoms with Crippen LogP contribution in [0.5, 0.6) is 5.75 Å². The lowest BCUT2D eigenvalue weighted by Gasteiger charge is -2.32. The van der Waals surface area contributed by atoms with Gasteiger partial charge in [-0.25, -0.2) is 0 Å². The molecule has 0 spiro atoms. The monoisotopic (exact) mass is 309 g/mol. The molecule has 2 rings (SSSR count). The largest absolute Gasteiger partial charge is 0.495 e. The molecule has 1 atom stereocenters. The molecule has 1 aromatic rings. The number of hydrogen-bond donors (Lipinski definition) is 1. The first-order chi connectivity index (χ1) is 10.2. The summed E-state index contributed by atoms with van der Waals surface area (Å²) >= 11 is 6.09. The van der Waals surface area contributed by atoms with Gasteiger partial charge in [0.1, 0.15) is 5.75 Å². The normalized spacial score (nSPS) is 23.8. The van der Waals surface area contributed by atoms with Crippen molar-refractivity contribution < 1.29 is 4.74 Å². The molecule has 1 aliphatic carbocycles. The highest BCUT2D eigenvalue weighted by atomic mass is 35.5. The first-order valence-corrected chi connectivity index (χ1v) is 8.62. The van der Waals surface area contributed by atoms with Gasteiger partial charge in [-0.05, 0) is 42.4 Å². The molecule has 1 saturated carbocycles. The molecule has 3 heteroatoms. The van der Waals surface area contributed by atoms with Crippen LogP contribution in [0.3, 0.4) is 0 Å². The van der Waals surface area contributed by atoms with Crippen LogP contribution < -0.4 is 10.5 Å². The van der Waals surface area contributed by atoms with Crippen molar-refractivity contribution >= 4 is 11.6 Å². The molecular weight excluding hydrogens is 282 g/mol. The highest BCUT2D eigenvalue weighted by molar-refractivity contribution is 6.32. The van der Waals surface area contributed by atoms with Gasteiger partial charge in [-0.1, -0.05) is 56.7 Å². The van der Waals surface area contributed by atoms with Gasteiger partial charge in [-0.3, -0.25) is 0 Å². The molecule has 0 amide bonds. The Labute approximate surface area is 134 Å². The SMILES string of the molecule is CCCCC1CCC(C(N)c2ccc(Cl)c(OC)c2)CC1. The zero-order valence-corrected chi connectivity index (χ0v) is 14.0. The molecule has 0 heterocycles. The maximum Gasteiger partial charge on any atom is 0.137 e. The van der Waals surface area contributed by atoms with Gasteiger partial charge in [-0.2, -0.15) is 0 Å². The van der Waals surface area contributed by atoms with Crippen molar-refractivity contribution in [3.63, 3.8) is 0 Å². The minimum Gasteiger partial charge on any atom is -0.495 e. The van der Waals surface area contributed by atoms with Crippen molar-refractivity contribution in [1.82, 2.24) is 0 Å². The van der Waals surface area contributed by atoms with E-state index in [1.807, 2.05) is 18.2 Å². The molecule has 0 saturated heterocycles. The fraction of sp³-hybridized carbons (Fsp3) is 0.667. The second-order valence-corrected chi connectivity index (χ2v) is 6.75. The van der Waals surface area contributed by atoms with Crippen LogP contribution in [0.25, 0.3) is 0 Å². The number of methoxy groups -OCH3 is 1. The number of halogens is 1. The summed E-state index contributed by atoms with van der Waals surface area (Å²) in [7, 11) is 1.65. The number of nitrogens with two attached hydrogens (primary N) is 1. The van der Waals surface area contributed by atoms with Crippen molar-refractivity contribution in [1.29, 1.82) is 0 Å². The van der Waals surface area contributed by atoms with Crippen LogP contribution in [0.4, 0.5) is 0 Å². The van der Waals surface area contributed by atoms with Gasteiger partial charge in [0.2, 0.25) is 0 Å². The van der Waals surface area contributed by atoms with Crippen molar-refractivity contribution in [2.75, 3.05) is 7.11 Å². The van der Waals surface area contributed by atoms with Crippen molar-refractivity contribution in [2.24, 2.45) is 17.6 Å². The van der Waals surface area contributed by atoms with Crippen molar-refractivity contribution in [3.05, 3.63) is 28.8 Å². The van der Waals surface area contributed by atoms with E-state index >= 15 is 0 Å². The molecule has 21 heavy (non-hydrogen) atoms. The first kappa shape index (κ1) is 16.6.